The van der Waals surface area contributed by atoms with Crippen LogP contribution in [0.25, 0.3) is 0 Å². The molecule has 1 rings (SSSR count). The monoisotopic (exact) mass is 172 g/mol. The minimum atomic E-state index is 0.0219. The molecule has 0 spiro atoms. The van der Waals surface area contributed by atoms with Crippen molar-refractivity contribution in [3.05, 3.63) is 0 Å². The number of hydrogen-bond acceptors (Lipinski definition) is 2. The molecule has 4 nitrogen and oxygen atoms in total. The van der Waals surface area contributed by atoms with Crippen LogP contribution in [0.5, 0.6) is 0 Å². The summed E-state index contributed by atoms with van der Waals surface area (Å²) < 4.78 is 5.03. The Morgan fingerprint density at radius 1 is 1.75 bits per heavy atom. The van der Waals surface area contributed by atoms with Crippen molar-refractivity contribution in [1.29, 1.82) is 0 Å². The van der Waals surface area contributed by atoms with Crippen LogP contribution >= 0.6 is 0 Å². The van der Waals surface area contributed by atoms with Crippen LogP contribution in [-0.2, 0) is 4.74 Å². The Labute approximate surface area is 72.9 Å². The molecule has 1 unspecified atom stereocenters. The van der Waals surface area contributed by atoms with E-state index in [1.165, 1.54) is 0 Å². The Hall–Kier alpha value is -0.770. The lowest BCUT2D eigenvalue weighted by molar-refractivity contribution is 0.153. The van der Waals surface area contributed by atoms with Gasteiger partial charge in [-0.05, 0) is 6.42 Å². The van der Waals surface area contributed by atoms with Crippen molar-refractivity contribution in [3.63, 3.8) is 0 Å². The molecule has 12 heavy (non-hydrogen) atoms. The van der Waals surface area contributed by atoms with E-state index in [4.69, 9.17) is 4.74 Å². The first kappa shape index (κ1) is 9.32. The lowest BCUT2D eigenvalue weighted by Gasteiger charge is -2.15. The predicted octanol–water partition coefficient (Wildman–Crippen LogP) is 0.294. The zero-order chi connectivity index (χ0) is 8.97. The summed E-state index contributed by atoms with van der Waals surface area (Å²) in [7, 11) is 3.36. The molecule has 0 aromatic rings. The second kappa shape index (κ2) is 4.30. The summed E-state index contributed by atoms with van der Waals surface area (Å²) in [5.41, 5.74) is 0. The van der Waals surface area contributed by atoms with Gasteiger partial charge in [-0.15, -0.1) is 0 Å². The first-order valence-corrected chi connectivity index (χ1v) is 4.23. The average molecular weight is 172 g/mol. The van der Waals surface area contributed by atoms with Crippen molar-refractivity contribution in [2.24, 2.45) is 5.92 Å². The van der Waals surface area contributed by atoms with E-state index in [0.717, 1.165) is 26.1 Å². The van der Waals surface area contributed by atoms with Crippen LogP contribution in [0.1, 0.15) is 6.42 Å². The first-order valence-electron chi connectivity index (χ1n) is 4.23. The molecule has 1 aliphatic rings. The summed E-state index contributed by atoms with van der Waals surface area (Å²) in [4.78, 5) is 13.0. The number of carbonyl (C=O) groups is 1. The van der Waals surface area contributed by atoms with E-state index in [2.05, 4.69) is 5.32 Å². The molecule has 0 aromatic heterocycles. The van der Waals surface area contributed by atoms with Crippen molar-refractivity contribution >= 4 is 6.03 Å². The SMILES string of the molecule is CNC(=O)N1CCC(COC)C1. The normalized spacial score (nSPS) is 22.8. The highest BCUT2D eigenvalue weighted by atomic mass is 16.5. The summed E-state index contributed by atoms with van der Waals surface area (Å²) in [6.07, 6.45) is 1.06. The van der Waals surface area contributed by atoms with Gasteiger partial charge >= 0.3 is 6.03 Å². The van der Waals surface area contributed by atoms with E-state index in [1.54, 1.807) is 14.2 Å². The molecule has 0 saturated carbocycles. The highest BCUT2D eigenvalue weighted by Gasteiger charge is 2.24. The summed E-state index contributed by atoms with van der Waals surface area (Å²) in [6.45, 7) is 2.44. The fourth-order valence-electron chi connectivity index (χ4n) is 1.55. The summed E-state index contributed by atoms with van der Waals surface area (Å²) >= 11 is 0. The van der Waals surface area contributed by atoms with E-state index in [-0.39, 0.29) is 6.03 Å². The quantitative estimate of drug-likeness (QED) is 0.650. The number of urea groups is 1. The fraction of sp³-hybridized carbons (Fsp3) is 0.875. The maximum Gasteiger partial charge on any atom is 0.317 e. The lowest BCUT2D eigenvalue weighted by atomic mass is 10.1. The Morgan fingerprint density at radius 2 is 2.50 bits per heavy atom. The minimum absolute atomic E-state index is 0.0219. The van der Waals surface area contributed by atoms with E-state index in [1.807, 2.05) is 4.90 Å². The minimum Gasteiger partial charge on any atom is -0.384 e. The van der Waals surface area contributed by atoms with Crippen LogP contribution in [0, 0.1) is 5.92 Å². The molecular formula is C8H16N2O2. The first-order chi connectivity index (χ1) is 5.77. The number of ether oxygens (including phenoxy) is 1. The van der Waals surface area contributed by atoms with Crippen molar-refractivity contribution in [2.75, 3.05) is 33.9 Å². The van der Waals surface area contributed by atoms with Gasteiger partial charge in [0.1, 0.15) is 0 Å². The van der Waals surface area contributed by atoms with E-state index in [9.17, 15) is 4.79 Å². The maximum atomic E-state index is 11.1. The number of likely N-dealkylation sites (tertiary alicyclic amines) is 1. The number of carbonyl (C=O) groups excluding carboxylic acids is 1. The molecule has 1 atom stereocenters. The molecule has 70 valence electrons. The summed E-state index contributed by atoms with van der Waals surface area (Å²) in [5.74, 6) is 0.521. The molecule has 2 amide bonds. The number of nitrogens with one attached hydrogen (secondary N) is 1. The molecule has 0 radical (unpaired) electrons. The van der Waals surface area contributed by atoms with Gasteiger partial charge in [-0.2, -0.15) is 0 Å². The molecule has 4 heteroatoms. The largest absolute Gasteiger partial charge is 0.384 e. The van der Waals surface area contributed by atoms with Gasteiger partial charge in [-0.1, -0.05) is 0 Å². The topological polar surface area (TPSA) is 41.6 Å². The van der Waals surface area contributed by atoms with Gasteiger partial charge in [0.05, 0.1) is 6.61 Å². The third-order valence-electron chi connectivity index (χ3n) is 2.19. The second-order valence-corrected chi connectivity index (χ2v) is 3.11. The van der Waals surface area contributed by atoms with E-state index in [0.29, 0.717) is 5.92 Å². The zero-order valence-electron chi connectivity index (χ0n) is 7.67. The van der Waals surface area contributed by atoms with Crippen molar-refractivity contribution in [1.82, 2.24) is 10.2 Å². The molecule has 1 saturated heterocycles. The summed E-state index contributed by atoms with van der Waals surface area (Å²) in [6, 6.07) is 0.0219. The van der Waals surface area contributed by atoms with Crippen molar-refractivity contribution < 1.29 is 9.53 Å². The van der Waals surface area contributed by atoms with Crippen LogP contribution in [-0.4, -0.2) is 44.8 Å². The summed E-state index contributed by atoms with van der Waals surface area (Å²) in [5, 5.41) is 2.62. The van der Waals surface area contributed by atoms with Gasteiger partial charge in [0.2, 0.25) is 0 Å². The van der Waals surface area contributed by atoms with Gasteiger partial charge in [0.25, 0.3) is 0 Å². The standard InChI is InChI=1S/C8H16N2O2/c1-9-8(11)10-4-3-7(5-10)6-12-2/h7H,3-6H2,1-2H3,(H,9,11). The van der Waals surface area contributed by atoms with Crippen molar-refractivity contribution in [3.8, 4) is 0 Å². The molecule has 1 fully saturated rings. The molecule has 0 aliphatic carbocycles. The number of methoxy groups -OCH3 is 1. The highest BCUT2D eigenvalue weighted by Crippen LogP contribution is 2.15. The van der Waals surface area contributed by atoms with E-state index < -0.39 is 0 Å². The molecular weight excluding hydrogens is 156 g/mol. The maximum absolute atomic E-state index is 11.1. The fourth-order valence-corrected chi connectivity index (χ4v) is 1.55. The average Bonchev–Trinajstić information content (AvgIpc) is 2.52. The number of rotatable bonds is 2. The Bertz CT molecular complexity index is 161. The van der Waals surface area contributed by atoms with Crippen LogP contribution in [0.2, 0.25) is 0 Å². The Balaban J connectivity index is 2.30. The van der Waals surface area contributed by atoms with Gasteiger partial charge in [0.15, 0.2) is 0 Å². The number of nitrogens with zero attached hydrogens (tertiary/aromatic N) is 1. The Morgan fingerprint density at radius 3 is 3.08 bits per heavy atom. The lowest BCUT2D eigenvalue weighted by Crippen LogP contribution is -2.36. The van der Waals surface area contributed by atoms with Gasteiger partial charge in [0, 0.05) is 33.2 Å². The third-order valence-corrected chi connectivity index (χ3v) is 2.19. The number of hydrogen-bond donors (Lipinski definition) is 1. The van der Waals surface area contributed by atoms with Crippen LogP contribution in [0.3, 0.4) is 0 Å². The smallest absolute Gasteiger partial charge is 0.317 e. The predicted molar refractivity (Wildman–Crippen MR) is 46.0 cm³/mol. The molecule has 1 N–H and O–H groups in total. The van der Waals surface area contributed by atoms with Crippen molar-refractivity contribution in [2.45, 2.75) is 6.42 Å². The van der Waals surface area contributed by atoms with Gasteiger partial charge in [-0.25, -0.2) is 4.79 Å². The molecule has 0 aromatic carbocycles. The van der Waals surface area contributed by atoms with E-state index >= 15 is 0 Å². The van der Waals surface area contributed by atoms with Gasteiger partial charge < -0.3 is 15.0 Å². The molecule has 1 aliphatic heterocycles. The molecule has 0 bridgehead atoms. The van der Waals surface area contributed by atoms with Crippen LogP contribution in [0.15, 0.2) is 0 Å². The van der Waals surface area contributed by atoms with Crippen LogP contribution in [0.4, 0.5) is 4.79 Å². The second-order valence-electron chi connectivity index (χ2n) is 3.11. The number of amides is 2. The molecule has 1 heterocycles. The van der Waals surface area contributed by atoms with Gasteiger partial charge in [-0.3, -0.25) is 0 Å². The van der Waals surface area contributed by atoms with Crippen LogP contribution < -0.4 is 5.32 Å². The third kappa shape index (κ3) is 2.11. The Kier molecular flexibility index (Phi) is 3.34. The highest BCUT2D eigenvalue weighted by molar-refractivity contribution is 5.74. The zero-order valence-corrected chi connectivity index (χ0v) is 7.67.